The minimum Gasteiger partial charge on any atom is -0.304 e. The molecule has 0 bridgehead atoms. The van der Waals surface area contributed by atoms with E-state index in [0.717, 1.165) is 11.8 Å². The van der Waals surface area contributed by atoms with Gasteiger partial charge in [0.2, 0.25) is 0 Å². The van der Waals surface area contributed by atoms with E-state index in [1.165, 1.54) is 13.0 Å². The first-order valence-electron chi connectivity index (χ1n) is 6.15. The quantitative estimate of drug-likeness (QED) is 0.649. The third-order valence-electron chi connectivity index (χ3n) is 2.96. The van der Waals surface area contributed by atoms with Crippen LogP contribution in [0.25, 0.3) is 0 Å². The topological polar surface area (TPSA) is 3.24 Å². The molecular formula is C13H31N. The monoisotopic (exact) mass is 201 g/mol. The number of hydrogen-bond donors (Lipinski definition) is 0. The molecule has 0 saturated heterocycles. The van der Waals surface area contributed by atoms with Gasteiger partial charge in [-0.2, -0.15) is 0 Å². The summed E-state index contributed by atoms with van der Waals surface area (Å²) in [6.45, 7) is 16.7. The molecule has 0 radical (unpaired) electrons. The maximum absolute atomic E-state index is 2.42. The van der Waals surface area contributed by atoms with Crippen molar-refractivity contribution in [3.63, 3.8) is 0 Å². The van der Waals surface area contributed by atoms with Gasteiger partial charge in [-0.15, -0.1) is 0 Å². The Labute approximate surface area is 91.9 Å². The van der Waals surface area contributed by atoms with Crippen molar-refractivity contribution < 1.29 is 0 Å². The van der Waals surface area contributed by atoms with E-state index in [2.05, 4.69) is 46.6 Å². The third kappa shape index (κ3) is 8.55. The van der Waals surface area contributed by atoms with E-state index in [4.69, 9.17) is 0 Å². The van der Waals surface area contributed by atoms with E-state index in [1.807, 2.05) is 13.8 Å². The highest BCUT2D eigenvalue weighted by Gasteiger charge is 2.09. The molecule has 1 atom stereocenters. The first-order valence-corrected chi connectivity index (χ1v) is 6.15. The summed E-state index contributed by atoms with van der Waals surface area (Å²) in [4.78, 5) is 2.42. The minimum absolute atomic E-state index is 0.685. The summed E-state index contributed by atoms with van der Waals surface area (Å²) in [7, 11) is 2.21. The van der Waals surface area contributed by atoms with Crippen LogP contribution >= 0.6 is 0 Å². The van der Waals surface area contributed by atoms with Crippen LogP contribution in [0.1, 0.15) is 54.9 Å². The lowest BCUT2D eigenvalue weighted by molar-refractivity contribution is 0.239. The smallest absolute Gasteiger partial charge is 0.00355 e. The van der Waals surface area contributed by atoms with Gasteiger partial charge in [-0.1, -0.05) is 34.6 Å². The summed E-state index contributed by atoms with van der Waals surface area (Å²) in [5, 5.41) is 0. The van der Waals surface area contributed by atoms with Crippen molar-refractivity contribution in [3.8, 4) is 0 Å². The van der Waals surface area contributed by atoms with Gasteiger partial charge in [0.05, 0.1) is 0 Å². The largest absolute Gasteiger partial charge is 0.304 e. The Morgan fingerprint density at radius 1 is 0.929 bits per heavy atom. The lowest BCUT2D eigenvalue weighted by Crippen LogP contribution is -2.28. The zero-order valence-corrected chi connectivity index (χ0v) is 11.6. The molecule has 1 nitrogen and oxygen atoms in total. The van der Waals surface area contributed by atoms with Crippen LogP contribution in [0.15, 0.2) is 0 Å². The standard InChI is InChI=1S/C11H25N.C2H6/c1-9(2)11(5)7-8-12(6)10(3)4;1-2/h9-11H,7-8H2,1-6H3;1-2H3. The van der Waals surface area contributed by atoms with Gasteiger partial charge >= 0.3 is 0 Å². The molecule has 0 saturated carbocycles. The maximum Gasteiger partial charge on any atom is 0.00355 e. The Hall–Kier alpha value is -0.0400. The molecule has 0 spiro atoms. The predicted molar refractivity (Wildman–Crippen MR) is 67.7 cm³/mol. The fourth-order valence-corrected chi connectivity index (χ4v) is 0.999. The van der Waals surface area contributed by atoms with Gasteiger partial charge in [0.1, 0.15) is 0 Å². The normalized spacial score (nSPS) is 13.1. The van der Waals surface area contributed by atoms with Crippen LogP contribution in [-0.2, 0) is 0 Å². The van der Waals surface area contributed by atoms with E-state index >= 15 is 0 Å². The highest BCUT2D eigenvalue weighted by Crippen LogP contribution is 2.14. The van der Waals surface area contributed by atoms with Crippen LogP contribution in [0.5, 0.6) is 0 Å². The molecule has 0 aromatic rings. The fourth-order valence-electron chi connectivity index (χ4n) is 0.999. The number of rotatable bonds is 5. The summed E-state index contributed by atoms with van der Waals surface area (Å²) in [5.41, 5.74) is 0. The highest BCUT2D eigenvalue weighted by molar-refractivity contribution is 4.62. The molecule has 0 aliphatic carbocycles. The third-order valence-corrected chi connectivity index (χ3v) is 2.96. The van der Waals surface area contributed by atoms with E-state index in [-0.39, 0.29) is 0 Å². The van der Waals surface area contributed by atoms with Crippen molar-refractivity contribution in [1.29, 1.82) is 0 Å². The van der Waals surface area contributed by atoms with Crippen LogP contribution in [0.3, 0.4) is 0 Å². The zero-order chi connectivity index (χ0) is 11.7. The summed E-state index contributed by atoms with van der Waals surface area (Å²) in [6, 6.07) is 0.685. The minimum atomic E-state index is 0.685. The van der Waals surface area contributed by atoms with Gasteiger partial charge in [-0.3, -0.25) is 0 Å². The van der Waals surface area contributed by atoms with Gasteiger partial charge in [-0.25, -0.2) is 0 Å². The Kier molecular flexibility index (Phi) is 11.1. The lowest BCUT2D eigenvalue weighted by Gasteiger charge is -2.24. The van der Waals surface area contributed by atoms with E-state index in [1.54, 1.807) is 0 Å². The molecule has 14 heavy (non-hydrogen) atoms. The molecule has 0 aliphatic rings. The van der Waals surface area contributed by atoms with E-state index in [9.17, 15) is 0 Å². The second kappa shape index (κ2) is 9.51. The van der Waals surface area contributed by atoms with Crippen molar-refractivity contribution in [2.24, 2.45) is 11.8 Å². The van der Waals surface area contributed by atoms with Crippen molar-refractivity contribution in [2.45, 2.75) is 60.9 Å². The highest BCUT2D eigenvalue weighted by atomic mass is 15.1. The van der Waals surface area contributed by atoms with Crippen molar-refractivity contribution in [1.82, 2.24) is 4.90 Å². The Balaban J connectivity index is 0. The average molecular weight is 201 g/mol. The Morgan fingerprint density at radius 3 is 1.64 bits per heavy atom. The van der Waals surface area contributed by atoms with Crippen LogP contribution in [0, 0.1) is 11.8 Å². The predicted octanol–water partition coefficient (Wildman–Crippen LogP) is 4.04. The molecule has 0 aromatic carbocycles. The average Bonchev–Trinajstić information content (AvgIpc) is 2.16. The summed E-state index contributed by atoms with van der Waals surface area (Å²) < 4.78 is 0. The molecule has 0 N–H and O–H groups in total. The van der Waals surface area contributed by atoms with Crippen LogP contribution in [0.4, 0.5) is 0 Å². The fraction of sp³-hybridized carbons (Fsp3) is 1.00. The first-order chi connectivity index (χ1) is 6.45. The van der Waals surface area contributed by atoms with Crippen molar-refractivity contribution >= 4 is 0 Å². The van der Waals surface area contributed by atoms with Crippen molar-refractivity contribution in [2.75, 3.05) is 13.6 Å². The maximum atomic E-state index is 2.42. The summed E-state index contributed by atoms with van der Waals surface area (Å²) in [5.74, 6) is 1.68. The summed E-state index contributed by atoms with van der Waals surface area (Å²) in [6.07, 6.45) is 1.33. The second-order valence-electron chi connectivity index (χ2n) is 4.58. The van der Waals surface area contributed by atoms with Gasteiger partial charge in [0, 0.05) is 6.04 Å². The zero-order valence-electron chi connectivity index (χ0n) is 11.6. The molecule has 1 heteroatoms. The van der Waals surface area contributed by atoms with Gasteiger partial charge in [0.15, 0.2) is 0 Å². The molecule has 1 unspecified atom stereocenters. The van der Waals surface area contributed by atoms with Crippen LogP contribution < -0.4 is 0 Å². The molecular weight excluding hydrogens is 170 g/mol. The molecule has 0 amide bonds. The van der Waals surface area contributed by atoms with Crippen LogP contribution in [0.2, 0.25) is 0 Å². The molecule has 0 aromatic heterocycles. The molecule has 0 heterocycles. The van der Waals surface area contributed by atoms with Gasteiger partial charge in [0.25, 0.3) is 0 Å². The molecule has 0 rings (SSSR count). The van der Waals surface area contributed by atoms with E-state index in [0.29, 0.717) is 6.04 Å². The van der Waals surface area contributed by atoms with Crippen LogP contribution in [-0.4, -0.2) is 24.5 Å². The Morgan fingerprint density at radius 2 is 1.36 bits per heavy atom. The molecule has 0 aliphatic heterocycles. The SMILES string of the molecule is CC.CC(C)C(C)CCN(C)C(C)C. The first kappa shape index (κ1) is 16.4. The molecule has 0 fully saturated rings. The van der Waals surface area contributed by atoms with Crippen molar-refractivity contribution in [3.05, 3.63) is 0 Å². The number of hydrogen-bond acceptors (Lipinski definition) is 1. The summed E-state index contributed by atoms with van der Waals surface area (Å²) >= 11 is 0. The second-order valence-corrected chi connectivity index (χ2v) is 4.58. The molecule has 88 valence electrons. The van der Waals surface area contributed by atoms with E-state index < -0.39 is 0 Å². The van der Waals surface area contributed by atoms with Gasteiger partial charge < -0.3 is 4.90 Å². The number of nitrogens with zero attached hydrogens (tertiary/aromatic N) is 1. The van der Waals surface area contributed by atoms with Gasteiger partial charge in [-0.05, 0) is 45.7 Å². The Bertz CT molecular complexity index is 93.8. The lowest BCUT2D eigenvalue weighted by atomic mass is 9.94.